The molecule has 0 N–H and O–H groups in total. The van der Waals surface area contributed by atoms with Gasteiger partial charge < -0.3 is 4.74 Å². The molecule has 0 bridgehead atoms. The fraction of sp³-hybridized carbons (Fsp3) is 0.800. The highest BCUT2D eigenvalue weighted by molar-refractivity contribution is 6.13. The van der Waals surface area contributed by atoms with Crippen molar-refractivity contribution in [1.29, 1.82) is 5.26 Å². The van der Waals surface area contributed by atoms with E-state index >= 15 is 0 Å². The van der Waals surface area contributed by atoms with Crippen LogP contribution in [0.1, 0.15) is 12.8 Å². The molecule has 1 aliphatic heterocycles. The van der Waals surface area contributed by atoms with Crippen molar-refractivity contribution < 1.29 is 4.74 Å². The lowest BCUT2D eigenvalue weighted by Gasteiger charge is -1.80. The molecule has 3 heteroatoms. The van der Waals surface area contributed by atoms with E-state index < -0.39 is 0 Å². The van der Waals surface area contributed by atoms with Crippen LogP contribution in [0.25, 0.3) is 0 Å². The molecule has 2 nitrogen and oxygen atoms in total. The van der Waals surface area contributed by atoms with Gasteiger partial charge in [0.25, 0.3) is 0 Å². The van der Waals surface area contributed by atoms with Crippen LogP contribution in [0.3, 0.4) is 0 Å². The largest absolute Gasteiger partial charge is 0.374 e. The monoisotopic (exact) mass is 127 g/mol. The standard InChI is InChI=1S/C5H9NOSi/c6-3-1-2-4-5(8)7-4/h4-5H,1-2H2,8H3. The number of nitriles is 1. The molecule has 2 unspecified atom stereocenters. The van der Waals surface area contributed by atoms with Gasteiger partial charge in [0, 0.05) is 16.7 Å². The first-order valence-electron chi connectivity index (χ1n) is 2.87. The zero-order chi connectivity index (χ0) is 5.98. The molecule has 0 radical (unpaired) electrons. The van der Waals surface area contributed by atoms with Gasteiger partial charge in [0.1, 0.15) is 0 Å². The lowest BCUT2D eigenvalue weighted by Crippen LogP contribution is -1.90. The molecule has 1 aliphatic rings. The number of rotatable bonds is 2. The van der Waals surface area contributed by atoms with Crippen LogP contribution < -0.4 is 0 Å². The zero-order valence-corrected chi connectivity index (χ0v) is 6.92. The van der Waals surface area contributed by atoms with Gasteiger partial charge in [-0.1, -0.05) is 0 Å². The van der Waals surface area contributed by atoms with Gasteiger partial charge in [0.15, 0.2) is 0 Å². The van der Waals surface area contributed by atoms with Crippen LogP contribution in [0.15, 0.2) is 0 Å². The van der Waals surface area contributed by atoms with E-state index in [1.54, 1.807) is 0 Å². The molecule has 1 heterocycles. The molecule has 0 aliphatic carbocycles. The Morgan fingerprint density at radius 2 is 2.38 bits per heavy atom. The van der Waals surface area contributed by atoms with Crippen LogP contribution in [0, 0.1) is 11.3 Å². The predicted octanol–water partition coefficient (Wildman–Crippen LogP) is -0.620. The Balaban J connectivity index is 1.99. The Hall–Kier alpha value is -0.333. The lowest BCUT2D eigenvalue weighted by atomic mass is 10.3. The van der Waals surface area contributed by atoms with Gasteiger partial charge >= 0.3 is 0 Å². The van der Waals surface area contributed by atoms with E-state index in [0.717, 1.165) is 16.7 Å². The van der Waals surface area contributed by atoms with E-state index in [1.807, 2.05) is 0 Å². The fourth-order valence-electron chi connectivity index (χ4n) is 0.740. The summed E-state index contributed by atoms with van der Waals surface area (Å²) >= 11 is 0. The van der Waals surface area contributed by atoms with Crippen molar-refractivity contribution in [3.63, 3.8) is 0 Å². The minimum absolute atomic E-state index is 0.460. The molecule has 0 spiro atoms. The Labute approximate surface area is 51.9 Å². The number of epoxide rings is 1. The Kier molecular flexibility index (Phi) is 1.66. The fourth-order valence-corrected chi connectivity index (χ4v) is 1.42. The van der Waals surface area contributed by atoms with Crippen molar-refractivity contribution >= 4 is 10.2 Å². The maximum atomic E-state index is 8.13. The topological polar surface area (TPSA) is 36.3 Å². The Morgan fingerprint density at radius 3 is 2.75 bits per heavy atom. The Morgan fingerprint density at radius 1 is 1.75 bits per heavy atom. The first-order chi connectivity index (χ1) is 3.84. The van der Waals surface area contributed by atoms with Crippen molar-refractivity contribution in [2.75, 3.05) is 0 Å². The van der Waals surface area contributed by atoms with E-state index in [2.05, 4.69) is 6.07 Å². The molecule has 8 heavy (non-hydrogen) atoms. The number of ether oxygens (including phenoxy) is 1. The van der Waals surface area contributed by atoms with E-state index in [1.165, 1.54) is 0 Å². The quantitative estimate of drug-likeness (QED) is 0.366. The van der Waals surface area contributed by atoms with E-state index in [-0.39, 0.29) is 0 Å². The van der Waals surface area contributed by atoms with Gasteiger partial charge in [-0.15, -0.1) is 0 Å². The smallest absolute Gasteiger partial charge is 0.0807 e. The summed E-state index contributed by atoms with van der Waals surface area (Å²) < 4.78 is 5.13. The second-order valence-corrected chi connectivity index (χ2v) is 3.21. The summed E-state index contributed by atoms with van der Waals surface area (Å²) in [7, 11) is 1.13. The van der Waals surface area contributed by atoms with Crippen molar-refractivity contribution in [2.45, 2.75) is 24.7 Å². The molecular weight excluding hydrogens is 118 g/mol. The highest BCUT2D eigenvalue weighted by Crippen LogP contribution is 2.22. The van der Waals surface area contributed by atoms with Crippen molar-refractivity contribution in [3.05, 3.63) is 0 Å². The molecule has 1 saturated heterocycles. The first kappa shape index (κ1) is 5.80. The summed E-state index contributed by atoms with van der Waals surface area (Å²) in [5, 5.41) is 8.13. The van der Waals surface area contributed by atoms with Gasteiger partial charge in [-0.2, -0.15) is 5.26 Å². The summed E-state index contributed by atoms with van der Waals surface area (Å²) in [4.78, 5) is 0. The molecule has 0 saturated carbocycles. The zero-order valence-electron chi connectivity index (χ0n) is 4.92. The van der Waals surface area contributed by atoms with Gasteiger partial charge in [-0.25, -0.2) is 0 Å². The number of hydrogen-bond donors (Lipinski definition) is 0. The van der Waals surface area contributed by atoms with Gasteiger partial charge in [-0.3, -0.25) is 0 Å². The molecule has 0 aromatic heterocycles. The maximum Gasteiger partial charge on any atom is 0.0807 e. The Bertz CT molecular complexity index is 120. The van der Waals surface area contributed by atoms with E-state index in [9.17, 15) is 0 Å². The lowest BCUT2D eigenvalue weighted by molar-refractivity contribution is 0.389. The minimum atomic E-state index is 0.460. The van der Waals surface area contributed by atoms with Crippen LogP contribution in [-0.2, 0) is 4.74 Å². The van der Waals surface area contributed by atoms with E-state index in [4.69, 9.17) is 10.00 Å². The highest BCUT2D eigenvalue weighted by atomic mass is 28.1. The molecule has 44 valence electrons. The van der Waals surface area contributed by atoms with Gasteiger partial charge in [0.2, 0.25) is 0 Å². The van der Waals surface area contributed by atoms with Crippen molar-refractivity contribution in [2.24, 2.45) is 0 Å². The third-order valence-electron chi connectivity index (χ3n) is 1.38. The predicted molar refractivity (Wildman–Crippen MR) is 33.4 cm³/mol. The average Bonchev–Trinajstić information content (AvgIpc) is 2.42. The maximum absolute atomic E-state index is 8.13. The second kappa shape index (κ2) is 2.29. The molecule has 0 aromatic rings. The summed E-state index contributed by atoms with van der Waals surface area (Å²) in [5.41, 5.74) is 0.559. The first-order valence-corrected chi connectivity index (χ1v) is 4.02. The van der Waals surface area contributed by atoms with Crippen LogP contribution in [0.4, 0.5) is 0 Å². The van der Waals surface area contributed by atoms with Crippen molar-refractivity contribution in [1.82, 2.24) is 0 Å². The summed E-state index contributed by atoms with van der Waals surface area (Å²) in [5.74, 6) is 0. The van der Waals surface area contributed by atoms with Crippen LogP contribution in [0.2, 0.25) is 0 Å². The highest BCUT2D eigenvalue weighted by Gasteiger charge is 2.32. The second-order valence-electron chi connectivity index (χ2n) is 2.08. The number of nitrogens with zero attached hydrogens (tertiary/aromatic N) is 1. The summed E-state index contributed by atoms with van der Waals surface area (Å²) in [6.45, 7) is 0. The SMILES string of the molecule is N#CCCC1OC1[SiH3]. The molecule has 0 amide bonds. The normalized spacial score (nSPS) is 34.4. The molecule has 2 atom stereocenters. The van der Waals surface area contributed by atoms with Crippen LogP contribution >= 0.6 is 0 Å². The van der Waals surface area contributed by atoms with E-state index in [0.29, 0.717) is 18.3 Å². The third kappa shape index (κ3) is 1.32. The summed E-state index contributed by atoms with van der Waals surface area (Å²) in [6, 6.07) is 2.10. The molecule has 1 rings (SSSR count). The summed E-state index contributed by atoms with van der Waals surface area (Å²) in [6.07, 6.45) is 2.06. The van der Waals surface area contributed by atoms with Gasteiger partial charge in [0.05, 0.1) is 17.9 Å². The van der Waals surface area contributed by atoms with Crippen LogP contribution in [-0.4, -0.2) is 22.1 Å². The number of hydrogen-bond acceptors (Lipinski definition) is 2. The van der Waals surface area contributed by atoms with Crippen molar-refractivity contribution in [3.8, 4) is 6.07 Å². The van der Waals surface area contributed by atoms with Crippen LogP contribution in [0.5, 0.6) is 0 Å². The average molecular weight is 127 g/mol. The van der Waals surface area contributed by atoms with Gasteiger partial charge in [-0.05, 0) is 6.42 Å². The third-order valence-corrected chi connectivity index (χ3v) is 2.39. The molecular formula is C5H9NOSi. The minimum Gasteiger partial charge on any atom is -0.374 e. The molecule has 1 fully saturated rings. The molecule has 0 aromatic carbocycles.